The van der Waals surface area contributed by atoms with Gasteiger partial charge in [0.1, 0.15) is 5.82 Å². The molecule has 0 unspecified atom stereocenters. The van der Waals surface area contributed by atoms with Crippen LogP contribution in [0.15, 0.2) is 12.3 Å². The van der Waals surface area contributed by atoms with E-state index >= 15 is 0 Å². The molecule has 1 aromatic rings. The number of nitrogens with one attached hydrogen (secondary N) is 1. The number of pyridine rings is 1. The third-order valence-corrected chi connectivity index (χ3v) is 2.72. The summed E-state index contributed by atoms with van der Waals surface area (Å²) in [7, 11) is 2.90. The molecule has 1 aromatic heterocycles. The Morgan fingerprint density at radius 2 is 2.16 bits per heavy atom. The lowest BCUT2D eigenvalue weighted by Gasteiger charge is -2.19. The SMILES string of the molecule is CNc1cc(C(=O)N(C)CCC(F)(F)F)c(Cl)cn1. The first-order chi connectivity index (χ1) is 8.74. The summed E-state index contributed by atoms with van der Waals surface area (Å²) in [5, 5.41) is 2.82. The van der Waals surface area contributed by atoms with Crippen LogP contribution in [-0.4, -0.2) is 42.6 Å². The molecular weight excluding hydrogens is 283 g/mol. The Labute approximate surface area is 113 Å². The maximum Gasteiger partial charge on any atom is 0.390 e. The molecular formula is C11H13ClF3N3O. The van der Waals surface area contributed by atoms with Crippen LogP contribution >= 0.6 is 11.6 Å². The maximum absolute atomic E-state index is 12.1. The van der Waals surface area contributed by atoms with E-state index in [1.807, 2.05) is 0 Å². The Morgan fingerprint density at radius 1 is 1.53 bits per heavy atom. The molecule has 1 N–H and O–H groups in total. The Morgan fingerprint density at radius 3 is 2.68 bits per heavy atom. The number of hydrogen-bond donors (Lipinski definition) is 1. The van der Waals surface area contributed by atoms with E-state index in [-0.39, 0.29) is 10.6 Å². The van der Waals surface area contributed by atoms with Crippen LogP contribution in [0.1, 0.15) is 16.8 Å². The van der Waals surface area contributed by atoms with Gasteiger partial charge in [0, 0.05) is 26.8 Å². The van der Waals surface area contributed by atoms with E-state index in [1.54, 1.807) is 7.05 Å². The van der Waals surface area contributed by atoms with E-state index in [2.05, 4.69) is 10.3 Å². The first kappa shape index (κ1) is 15.6. The van der Waals surface area contributed by atoms with Gasteiger partial charge in [0.25, 0.3) is 5.91 Å². The quantitative estimate of drug-likeness (QED) is 0.929. The summed E-state index contributed by atoms with van der Waals surface area (Å²) in [6.07, 6.45) is -4.08. The second-order valence-corrected chi connectivity index (χ2v) is 4.30. The molecule has 0 aromatic carbocycles. The molecule has 0 saturated heterocycles. The van der Waals surface area contributed by atoms with E-state index in [9.17, 15) is 18.0 Å². The lowest BCUT2D eigenvalue weighted by Crippen LogP contribution is -2.30. The molecule has 0 fully saturated rings. The highest BCUT2D eigenvalue weighted by Gasteiger charge is 2.28. The number of anilines is 1. The first-order valence-electron chi connectivity index (χ1n) is 5.40. The predicted molar refractivity (Wildman–Crippen MR) is 66.4 cm³/mol. The molecule has 0 spiro atoms. The number of nitrogens with zero attached hydrogens (tertiary/aromatic N) is 2. The van der Waals surface area contributed by atoms with E-state index in [4.69, 9.17) is 11.6 Å². The van der Waals surface area contributed by atoms with Crippen molar-refractivity contribution >= 4 is 23.3 Å². The largest absolute Gasteiger partial charge is 0.390 e. The first-order valence-corrected chi connectivity index (χ1v) is 5.78. The van der Waals surface area contributed by atoms with Crippen molar-refractivity contribution in [2.75, 3.05) is 26.0 Å². The summed E-state index contributed by atoms with van der Waals surface area (Å²) in [4.78, 5) is 16.8. The molecule has 106 valence electrons. The van der Waals surface area contributed by atoms with E-state index < -0.39 is 25.0 Å². The van der Waals surface area contributed by atoms with Crippen LogP contribution in [0.2, 0.25) is 5.02 Å². The second kappa shape index (κ2) is 6.10. The molecule has 1 rings (SSSR count). The van der Waals surface area contributed by atoms with E-state index in [0.717, 1.165) is 4.90 Å². The minimum absolute atomic E-state index is 0.0999. The van der Waals surface area contributed by atoms with Crippen LogP contribution in [0.4, 0.5) is 19.0 Å². The Hall–Kier alpha value is -1.50. The Bertz CT molecular complexity index is 465. The number of carbonyl (C=O) groups excluding carboxylic acids is 1. The van der Waals surface area contributed by atoms with Gasteiger partial charge in [0.15, 0.2) is 0 Å². The zero-order chi connectivity index (χ0) is 14.6. The van der Waals surface area contributed by atoms with Crippen molar-refractivity contribution in [1.82, 2.24) is 9.88 Å². The minimum Gasteiger partial charge on any atom is -0.373 e. The number of halogens is 4. The molecule has 0 radical (unpaired) electrons. The molecule has 19 heavy (non-hydrogen) atoms. The van der Waals surface area contributed by atoms with Gasteiger partial charge < -0.3 is 10.2 Å². The van der Waals surface area contributed by atoms with Gasteiger partial charge in [-0.05, 0) is 6.07 Å². The van der Waals surface area contributed by atoms with Crippen molar-refractivity contribution in [2.24, 2.45) is 0 Å². The molecule has 0 bridgehead atoms. The highest BCUT2D eigenvalue weighted by Crippen LogP contribution is 2.22. The third kappa shape index (κ3) is 4.59. The Kier molecular flexibility index (Phi) is 4.99. The number of amides is 1. The molecule has 0 aliphatic heterocycles. The van der Waals surface area contributed by atoms with Crippen molar-refractivity contribution in [2.45, 2.75) is 12.6 Å². The van der Waals surface area contributed by atoms with Crippen molar-refractivity contribution in [3.05, 3.63) is 22.8 Å². The normalized spacial score (nSPS) is 11.3. The smallest absolute Gasteiger partial charge is 0.373 e. The van der Waals surface area contributed by atoms with Gasteiger partial charge in [-0.2, -0.15) is 13.2 Å². The fourth-order valence-electron chi connectivity index (χ4n) is 1.34. The van der Waals surface area contributed by atoms with Crippen LogP contribution in [0.3, 0.4) is 0 Å². The van der Waals surface area contributed by atoms with Crippen molar-refractivity contribution in [3.63, 3.8) is 0 Å². The standard InChI is InChI=1S/C11H13ClF3N3O/c1-16-9-5-7(8(12)6-17-9)10(19)18(2)4-3-11(13,14)15/h5-6H,3-4H2,1-2H3,(H,16,17). The molecule has 4 nitrogen and oxygen atoms in total. The summed E-state index contributed by atoms with van der Waals surface area (Å²) < 4.78 is 36.3. The predicted octanol–water partition coefficient (Wildman–Crippen LogP) is 2.80. The van der Waals surface area contributed by atoms with E-state index in [1.165, 1.54) is 19.3 Å². The van der Waals surface area contributed by atoms with Crippen LogP contribution in [0.25, 0.3) is 0 Å². The van der Waals surface area contributed by atoms with Crippen LogP contribution in [0, 0.1) is 0 Å². The van der Waals surface area contributed by atoms with Crippen LogP contribution in [-0.2, 0) is 0 Å². The van der Waals surface area contributed by atoms with Gasteiger partial charge in [-0.25, -0.2) is 4.98 Å². The van der Waals surface area contributed by atoms with Gasteiger partial charge >= 0.3 is 6.18 Å². The summed E-state index contributed by atoms with van der Waals surface area (Å²) in [5.41, 5.74) is 0.116. The summed E-state index contributed by atoms with van der Waals surface area (Å²) in [5.74, 6) is -0.162. The van der Waals surface area contributed by atoms with Gasteiger partial charge in [-0.15, -0.1) is 0 Å². The van der Waals surface area contributed by atoms with Gasteiger partial charge in [0.2, 0.25) is 0 Å². The Balaban J connectivity index is 2.82. The number of alkyl halides is 3. The van der Waals surface area contributed by atoms with Gasteiger partial charge in [0.05, 0.1) is 17.0 Å². The van der Waals surface area contributed by atoms with Crippen molar-refractivity contribution in [1.29, 1.82) is 0 Å². The maximum atomic E-state index is 12.1. The molecule has 1 heterocycles. The summed E-state index contributed by atoms with van der Waals surface area (Å²) in [6.45, 7) is -0.421. The molecule has 8 heteroatoms. The van der Waals surface area contributed by atoms with Gasteiger partial charge in [-0.3, -0.25) is 4.79 Å². The number of hydrogen-bond acceptors (Lipinski definition) is 3. The lowest BCUT2D eigenvalue weighted by molar-refractivity contribution is -0.136. The molecule has 1 amide bonds. The monoisotopic (exact) mass is 295 g/mol. The average molecular weight is 296 g/mol. The highest BCUT2D eigenvalue weighted by atomic mass is 35.5. The molecule has 0 saturated carbocycles. The molecule has 0 aliphatic carbocycles. The van der Waals surface area contributed by atoms with Gasteiger partial charge in [-0.1, -0.05) is 11.6 Å². The fourth-order valence-corrected chi connectivity index (χ4v) is 1.53. The third-order valence-electron chi connectivity index (χ3n) is 2.42. The number of carbonyl (C=O) groups is 1. The molecule has 0 atom stereocenters. The second-order valence-electron chi connectivity index (χ2n) is 3.89. The lowest BCUT2D eigenvalue weighted by atomic mass is 10.2. The zero-order valence-electron chi connectivity index (χ0n) is 10.4. The van der Waals surface area contributed by atoms with Crippen LogP contribution < -0.4 is 5.32 Å². The fraction of sp³-hybridized carbons (Fsp3) is 0.455. The summed E-state index contributed by atoms with van der Waals surface area (Å²) in [6, 6.07) is 1.40. The van der Waals surface area contributed by atoms with Crippen molar-refractivity contribution in [3.8, 4) is 0 Å². The topological polar surface area (TPSA) is 45.2 Å². The number of rotatable bonds is 4. The minimum atomic E-state index is -4.30. The molecule has 0 aliphatic rings. The number of aromatic nitrogens is 1. The average Bonchev–Trinajstić information content (AvgIpc) is 2.35. The van der Waals surface area contributed by atoms with E-state index in [0.29, 0.717) is 5.82 Å². The van der Waals surface area contributed by atoms with Crippen molar-refractivity contribution < 1.29 is 18.0 Å². The van der Waals surface area contributed by atoms with Crippen LogP contribution in [0.5, 0.6) is 0 Å². The zero-order valence-corrected chi connectivity index (χ0v) is 11.1. The highest BCUT2D eigenvalue weighted by molar-refractivity contribution is 6.33. The summed E-state index contributed by atoms with van der Waals surface area (Å²) >= 11 is 5.82.